The Morgan fingerprint density at radius 2 is 1.71 bits per heavy atom. The van der Waals surface area contributed by atoms with Crippen LogP contribution in [0, 0.1) is 6.92 Å². The van der Waals surface area contributed by atoms with Gasteiger partial charge in [-0.05, 0) is 43.7 Å². The fourth-order valence-electron chi connectivity index (χ4n) is 1.70. The maximum absolute atomic E-state index is 5.63. The van der Waals surface area contributed by atoms with E-state index in [1.807, 2.05) is 11.8 Å². The van der Waals surface area contributed by atoms with E-state index in [1.165, 1.54) is 20.9 Å². The third-order valence-electron chi connectivity index (χ3n) is 2.64. The molecule has 2 aromatic rings. The average molecular weight is 243 g/mol. The molecule has 17 heavy (non-hydrogen) atoms. The lowest BCUT2D eigenvalue weighted by Crippen LogP contribution is -2.03. The Balaban J connectivity index is 2.20. The zero-order valence-electron chi connectivity index (χ0n) is 10.0. The Kier molecular flexibility index (Phi) is 4.24. The van der Waals surface area contributed by atoms with Gasteiger partial charge in [-0.25, -0.2) is 0 Å². The van der Waals surface area contributed by atoms with Crippen LogP contribution in [0.5, 0.6) is 0 Å². The van der Waals surface area contributed by atoms with Crippen LogP contribution < -0.4 is 5.73 Å². The molecule has 0 spiro atoms. The SMILES string of the molecule is Cc1ccc(Sc2ccccc2CCN)cc1. The van der Waals surface area contributed by atoms with E-state index in [4.69, 9.17) is 5.73 Å². The summed E-state index contributed by atoms with van der Waals surface area (Å²) in [4.78, 5) is 2.59. The highest BCUT2D eigenvalue weighted by Gasteiger charge is 2.02. The van der Waals surface area contributed by atoms with Crippen molar-refractivity contribution in [3.63, 3.8) is 0 Å². The topological polar surface area (TPSA) is 26.0 Å². The van der Waals surface area contributed by atoms with Gasteiger partial charge in [-0.15, -0.1) is 0 Å². The fourth-order valence-corrected chi connectivity index (χ4v) is 2.67. The predicted molar refractivity (Wildman–Crippen MR) is 74.5 cm³/mol. The van der Waals surface area contributed by atoms with Crippen molar-refractivity contribution in [2.75, 3.05) is 6.54 Å². The van der Waals surface area contributed by atoms with Crippen LogP contribution in [0.3, 0.4) is 0 Å². The lowest BCUT2D eigenvalue weighted by atomic mass is 10.1. The van der Waals surface area contributed by atoms with Gasteiger partial charge in [0.1, 0.15) is 0 Å². The molecule has 0 unspecified atom stereocenters. The molecule has 0 aliphatic rings. The standard InChI is InChI=1S/C15H17NS/c1-12-6-8-14(9-7-12)17-15-5-3-2-4-13(15)10-11-16/h2-9H,10-11,16H2,1H3. The van der Waals surface area contributed by atoms with Gasteiger partial charge < -0.3 is 5.73 Å². The minimum absolute atomic E-state index is 0.700. The highest BCUT2D eigenvalue weighted by atomic mass is 32.2. The molecule has 0 aliphatic carbocycles. The van der Waals surface area contributed by atoms with Gasteiger partial charge in [-0.1, -0.05) is 47.7 Å². The Morgan fingerprint density at radius 3 is 2.41 bits per heavy atom. The summed E-state index contributed by atoms with van der Waals surface area (Å²) in [5, 5.41) is 0. The van der Waals surface area contributed by atoms with Crippen molar-refractivity contribution in [1.82, 2.24) is 0 Å². The third-order valence-corrected chi connectivity index (χ3v) is 3.76. The molecule has 0 atom stereocenters. The van der Waals surface area contributed by atoms with E-state index in [0.29, 0.717) is 6.54 Å². The monoisotopic (exact) mass is 243 g/mol. The Bertz CT molecular complexity index is 477. The minimum atomic E-state index is 0.700. The molecular weight excluding hydrogens is 226 g/mol. The van der Waals surface area contributed by atoms with E-state index >= 15 is 0 Å². The molecule has 0 amide bonds. The second-order valence-electron chi connectivity index (χ2n) is 4.06. The molecule has 2 N–H and O–H groups in total. The van der Waals surface area contributed by atoms with E-state index in [9.17, 15) is 0 Å². The summed E-state index contributed by atoms with van der Waals surface area (Å²) in [5.41, 5.74) is 8.26. The molecular formula is C15H17NS. The summed E-state index contributed by atoms with van der Waals surface area (Å²) in [7, 11) is 0. The van der Waals surface area contributed by atoms with Crippen molar-refractivity contribution in [1.29, 1.82) is 0 Å². The fraction of sp³-hybridized carbons (Fsp3) is 0.200. The van der Waals surface area contributed by atoms with E-state index < -0.39 is 0 Å². The van der Waals surface area contributed by atoms with Crippen LogP contribution in [0.25, 0.3) is 0 Å². The van der Waals surface area contributed by atoms with Gasteiger partial charge in [0.05, 0.1) is 0 Å². The van der Waals surface area contributed by atoms with Gasteiger partial charge in [0.2, 0.25) is 0 Å². The van der Waals surface area contributed by atoms with Crippen LogP contribution in [0.2, 0.25) is 0 Å². The molecule has 0 saturated carbocycles. The van der Waals surface area contributed by atoms with Crippen LogP contribution in [0.4, 0.5) is 0 Å². The highest BCUT2D eigenvalue weighted by molar-refractivity contribution is 7.99. The van der Waals surface area contributed by atoms with E-state index in [0.717, 1.165) is 6.42 Å². The summed E-state index contributed by atoms with van der Waals surface area (Å²) >= 11 is 1.81. The van der Waals surface area contributed by atoms with Crippen LogP contribution in [0.1, 0.15) is 11.1 Å². The first-order chi connectivity index (χ1) is 8.29. The number of nitrogens with two attached hydrogens (primary N) is 1. The molecule has 0 aliphatic heterocycles. The number of aryl methyl sites for hydroxylation is 1. The van der Waals surface area contributed by atoms with Crippen LogP contribution in [0.15, 0.2) is 58.3 Å². The molecule has 2 heteroatoms. The van der Waals surface area contributed by atoms with Crippen molar-refractivity contribution in [2.24, 2.45) is 5.73 Å². The molecule has 0 radical (unpaired) electrons. The van der Waals surface area contributed by atoms with E-state index in [2.05, 4.69) is 55.5 Å². The molecule has 0 fully saturated rings. The van der Waals surface area contributed by atoms with Gasteiger partial charge in [-0.3, -0.25) is 0 Å². The quantitative estimate of drug-likeness (QED) is 0.887. The number of hydrogen-bond donors (Lipinski definition) is 1. The third kappa shape index (κ3) is 3.35. The molecule has 88 valence electrons. The average Bonchev–Trinajstić information content (AvgIpc) is 2.35. The predicted octanol–water partition coefficient (Wildman–Crippen LogP) is 3.65. The summed E-state index contributed by atoms with van der Waals surface area (Å²) in [6.07, 6.45) is 0.940. The molecule has 0 heterocycles. The molecule has 0 aromatic heterocycles. The first-order valence-electron chi connectivity index (χ1n) is 5.82. The minimum Gasteiger partial charge on any atom is -0.330 e. The Morgan fingerprint density at radius 1 is 1.00 bits per heavy atom. The second kappa shape index (κ2) is 5.89. The maximum Gasteiger partial charge on any atom is 0.0154 e. The smallest absolute Gasteiger partial charge is 0.0154 e. The van der Waals surface area contributed by atoms with Crippen LogP contribution in [-0.4, -0.2) is 6.54 Å². The van der Waals surface area contributed by atoms with Crippen molar-refractivity contribution in [3.05, 3.63) is 59.7 Å². The Labute approximate surface area is 107 Å². The van der Waals surface area contributed by atoms with Crippen molar-refractivity contribution >= 4 is 11.8 Å². The number of hydrogen-bond acceptors (Lipinski definition) is 2. The molecule has 2 aromatic carbocycles. The van der Waals surface area contributed by atoms with Gasteiger partial charge in [-0.2, -0.15) is 0 Å². The lowest BCUT2D eigenvalue weighted by molar-refractivity contribution is 0.944. The highest BCUT2D eigenvalue weighted by Crippen LogP contribution is 2.30. The van der Waals surface area contributed by atoms with Crippen molar-refractivity contribution in [2.45, 2.75) is 23.1 Å². The van der Waals surface area contributed by atoms with Crippen molar-refractivity contribution in [3.8, 4) is 0 Å². The summed E-state index contributed by atoms with van der Waals surface area (Å²) < 4.78 is 0. The number of benzene rings is 2. The van der Waals surface area contributed by atoms with Crippen molar-refractivity contribution < 1.29 is 0 Å². The number of rotatable bonds is 4. The van der Waals surface area contributed by atoms with Crippen LogP contribution >= 0.6 is 11.8 Å². The van der Waals surface area contributed by atoms with E-state index in [1.54, 1.807) is 0 Å². The van der Waals surface area contributed by atoms with Crippen LogP contribution in [-0.2, 0) is 6.42 Å². The maximum atomic E-state index is 5.63. The molecule has 0 saturated heterocycles. The first kappa shape index (κ1) is 12.2. The summed E-state index contributed by atoms with van der Waals surface area (Å²) in [6, 6.07) is 17.1. The molecule has 2 rings (SSSR count). The van der Waals surface area contributed by atoms with Gasteiger partial charge in [0.25, 0.3) is 0 Å². The first-order valence-corrected chi connectivity index (χ1v) is 6.64. The zero-order valence-corrected chi connectivity index (χ0v) is 10.8. The molecule has 0 bridgehead atoms. The normalized spacial score (nSPS) is 10.5. The summed E-state index contributed by atoms with van der Waals surface area (Å²) in [6.45, 7) is 2.81. The van der Waals surface area contributed by atoms with E-state index in [-0.39, 0.29) is 0 Å². The zero-order chi connectivity index (χ0) is 12.1. The lowest BCUT2D eigenvalue weighted by Gasteiger charge is -2.08. The van der Waals surface area contributed by atoms with Gasteiger partial charge in [0, 0.05) is 9.79 Å². The molecule has 1 nitrogen and oxygen atoms in total. The van der Waals surface area contributed by atoms with Gasteiger partial charge >= 0.3 is 0 Å². The van der Waals surface area contributed by atoms with Gasteiger partial charge in [0.15, 0.2) is 0 Å². The second-order valence-corrected chi connectivity index (χ2v) is 5.18. The summed E-state index contributed by atoms with van der Waals surface area (Å²) in [5.74, 6) is 0. The Hall–Kier alpha value is -1.25. The largest absolute Gasteiger partial charge is 0.330 e.